The highest BCUT2D eigenvalue weighted by Crippen LogP contribution is 2.31. The molecule has 0 amide bonds. The van der Waals surface area contributed by atoms with Crippen LogP contribution >= 0.6 is 0 Å². The first-order valence-corrected chi connectivity index (χ1v) is 8.31. The number of fused-ring (bicyclic) bond motifs is 1. The molecule has 2 aliphatic rings. The number of nitrogens with one attached hydrogen (secondary N) is 1. The average Bonchev–Trinajstić information content (AvgIpc) is 3.09. The van der Waals surface area contributed by atoms with Crippen molar-refractivity contribution in [3.05, 3.63) is 35.4 Å². The smallest absolute Gasteiger partial charge is 0.0326 e. The number of nitrogens with zero attached hydrogens (tertiary/aromatic N) is 1. The fraction of sp³-hybridized carbons (Fsp3) is 0.667. The van der Waals surface area contributed by atoms with Crippen LogP contribution in [-0.4, -0.2) is 30.6 Å². The lowest BCUT2D eigenvalue weighted by atomic mass is 10.0. The minimum atomic E-state index is 0.579. The molecule has 110 valence electrons. The Labute approximate surface area is 123 Å². The van der Waals surface area contributed by atoms with Gasteiger partial charge in [0.05, 0.1) is 0 Å². The van der Waals surface area contributed by atoms with Crippen molar-refractivity contribution in [1.29, 1.82) is 0 Å². The van der Waals surface area contributed by atoms with E-state index in [0.717, 1.165) is 12.5 Å². The molecule has 1 saturated heterocycles. The summed E-state index contributed by atoms with van der Waals surface area (Å²) >= 11 is 0. The molecule has 0 aromatic heterocycles. The van der Waals surface area contributed by atoms with Gasteiger partial charge in [-0.3, -0.25) is 4.90 Å². The fourth-order valence-corrected chi connectivity index (χ4v) is 3.89. The van der Waals surface area contributed by atoms with Crippen LogP contribution in [-0.2, 0) is 6.42 Å². The van der Waals surface area contributed by atoms with Gasteiger partial charge in [-0.05, 0) is 55.8 Å². The number of rotatable bonds is 5. The largest absolute Gasteiger partial charge is 0.308 e. The maximum absolute atomic E-state index is 3.85. The number of aryl methyl sites for hydroxylation is 1. The van der Waals surface area contributed by atoms with Gasteiger partial charge in [0.2, 0.25) is 0 Å². The normalized spacial score (nSPS) is 24.2. The van der Waals surface area contributed by atoms with Gasteiger partial charge in [0, 0.05) is 18.6 Å². The lowest BCUT2D eigenvalue weighted by Gasteiger charge is -2.32. The van der Waals surface area contributed by atoms with Crippen LogP contribution < -0.4 is 5.32 Å². The molecule has 2 heteroatoms. The quantitative estimate of drug-likeness (QED) is 0.884. The van der Waals surface area contributed by atoms with Gasteiger partial charge in [-0.15, -0.1) is 0 Å². The van der Waals surface area contributed by atoms with Crippen LogP contribution in [0.2, 0.25) is 0 Å². The van der Waals surface area contributed by atoms with Gasteiger partial charge in [-0.25, -0.2) is 0 Å². The van der Waals surface area contributed by atoms with Gasteiger partial charge in [0.15, 0.2) is 0 Å². The van der Waals surface area contributed by atoms with Crippen molar-refractivity contribution in [1.82, 2.24) is 10.2 Å². The van der Waals surface area contributed by atoms with Crippen molar-refractivity contribution in [2.24, 2.45) is 5.92 Å². The van der Waals surface area contributed by atoms with E-state index in [-0.39, 0.29) is 0 Å². The Morgan fingerprint density at radius 1 is 1.20 bits per heavy atom. The van der Waals surface area contributed by atoms with Crippen molar-refractivity contribution >= 4 is 0 Å². The predicted molar refractivity (Wildman–Crippen MR) is 84.9 cm³/mol. The first-order chi connectivity index (χ1) is 9.75. The Kier molecular flexibility index (Phi) is 4.42. The van der Waals surface area contributed by atoms with Crippen molar-refractivity contribution < 1.29 is 0 Å². The monoisotopic (exact) mass is 272 g/mol. The van der Waals surface area contributed by atoms with E-state index in [2.05, 4.69) is 48.3 Å². The Morgan fingerprint density at radius 3 is 2.70 bits per heavy atom. The predicted octanol–water partition coefficient (Wildman–Crippen LogP) is 3.38. The summed E-state index contributed by atoms with van der Waals surface area (Å²) in [6.45, 7) is 8.47. The van der Waals surface area contributed by atoms with Crippen molar-refractivity contribution in [2.45, 2.75) is 51.6 Å². The molecule has 3 rings (SSSR count). The molecule has 0 bridgehead atoms. The second-order valence-electron chi connectivity index (χ2n) is 6.75. The highest BCUT2D eigenvalue weighted by atomic mass is 15.2. The van der Waals surface area contributed by atoms with E-state index in [1.807, 2.05) is 0 Å². The summed E-state index contributed by atoms with van der Waals surface area (Å²) < 4.78 is 0. The molecular formula is C18H28N2. The van der Waals surface area contributed by atoms with E-state index >= 15 is 0 Å². The van der Waals surface area contributed by atoms with Crippen LogP contribution in [0.25, 0.3) is 0 Å². The summed E-state index contributed by atoms with van der Waals surface area (Å²) in [5.74, 6) is 0.734. The van der Waals surface area contributed by atoms with Crippen LogP contribution in [0.3, 0.4) is 0 Å². The third kappa shape index (κ3) is 2.91. The summed E-state index contributed by atoms with van der Waals surface area (Å²) in [7, 11) is 0. The molecule has 1 fully saturated rings. The van der Waals surface area contributed by atoms with Crippen molar-refractivity contribution in [3.8, 4) is 0 Å². The van der Waals surface area contributed by atoms with E-state index in [4.69, 9.17) is 0 Å². The highest BCUT2D eigenvalue weighted by molar-refractivity contribution is 5.34. The van der Waals surface area contributed by atoms with Crippen LogP contribution in [0.5, 0.6) is 0 Å². The number of benzene rings is 1. The molecule has 1 N–H and O–H groups in total. The van der Waals surface area contributed by atoms with Gasteiger partial charge < -0.3 is 5.32 Å². The number of hydrogen-bond acceptors (Lipinski definition) is 2. The summed E-state index contributed by atoms with van der Waals surface area (Å²) in [6, 6.07) is 10.2. The molecule has 1 heterocycles. The molecule has 0 spiro atoms. The minimum Gasteiger partial charge on any atom is -0.308 e. The molecule has 1 aromatic carbocycles. The van der Waals surface area contributed by atoms with Crippen LogP contribution in [0.1, 0.15) is 50.3 Å². The lowest BCUT2D eigenvalue weighted by molar-refractivity contribution is 0.182. The maximum Gasteiger partial charge on any atom is 0.0326 e. The van der Waals surface area contributed by atoms with Crippen LogP contribution in [0.15, 0.2) is 24.3 Å². The van der Waals surface area contributed by atoms with Crippen molar-refractivity contribution in [3.63, 3.8) is 0 Å². The average molecular weight is 272 g/mol. The van der Waals surface area contributed by atoms with Gasteiger partial charge >= 0.3 is 0 Å². The summed E-state index contributed by atoms with van der Waals surface area (Å²) in [4.78, 5) is 2.69. The zero-order chi connectivity index (χ0) is 13.9. The second kappa shape index (κ2) is 6.28. The van der Waals surface area contributed by atoms with E-state index in [1.165, 1.54) is 44.3 Å². The summed E-state index contributed by atoms with van der Waals surface area (Å²) in [6.07, 6.45) is 5.28. The highest BCUT2D eigenvalue weighted by Gasteiger charge is 2.27. The van der Waals surface area contributed by atoms with E-state index in [9.17, 15) is 0 Å². The third-order valence-electron chi connectivity index (χ3n) is 5.09. The Balaban J connectivity index is 1.61. The zero-order valence-corrected chi connectivity index (χ0v) is 12.9. The van der Waals surface area contributed by atoms with Crippen LogP contribution in [0, 0.1) is 5.92 Å². The first-order valence-electron chi connectivity index (χ1n) is 8.31. The zero-order valence-electron chi connectivity index (χ0n) is 12.9. The van der Waals surface area contributed by atoms with Gasteiger partial charge in [-0.1, -0.05) is 38.1 Å². The second-order valence-corrected chi connectivity index (χ2v) is 6.75. The molecular weight excluding hydrogens is 244 g/mol. The van der Waals surface area contributed by atoms with E-state index in [1.54, 1.807) is 5.56 Å². The lowest BCUT2D eigenvalue weighted by Crippen LogP contribution is -2.44. The van der Waals surface area contributed by atoms with Gasteiger partial charge in [0.25, 0.3) is 0 Å². The van der Waals surface area contributed by atoms with E-state index in [0.29, 0.717) is 12.1 Å². The molecule has 2 nitrogen and oxygen atoms in total. The molecule has 2 atom stereocenters. The molecule has 0 saturated carbocycles. The van der Waals surface area contributed by atoms with Crippen molar-refractivity contribution in [2.75, 3.05) is 19.6 Å². The molecule has 0 radical (unpaired) electrons. The Bertz CT molecular complexity index is 435. The number of hydrogen-bond donors (Lipinski definition) is 1. The number of likely N-dealkylation sites (tertiary alicyclic amines) is 1. The summed E-state index contributed by atoms with van der Waals surface area (Å²) in [5, 5.41) is 3.85. The Hall–Kier alpha value is -0.860. The topological polar surface area (TPSA) is 15.3 Å². The maximum atomic E-state index is 3.85. The molecule has 20 heavy (non-hydrogen) atoms. The molecule has 1 aromatic rings. The third-order valence-corrected chi connectivity index (χ3v) is 5.09. The molecule has 1 aliphatic heterocycles. The SMILES string of the molecule is CC(C)C(CNC1CCc2ccccc21)N1CCCC1. The Morgan fingerprint density at radius 2 is 1.95 bits per heavy atom. The minimum absolute atomic E-state index is 0.579. The van der Waals surface area contributed by atoms with Gasteiger partial charge in [0.1, 0.15) is 0 Å². The van der Waals surface area contributed by atoms with Crippen LogP contribution in [0.4, 0.5) is 0 Å². The molecule has 2 unspecified atom stereocenters. The van der Waals surface area contributed by atoms with Gasteiger partial charge in [-0.2, -0.15) is 0 Å². The molecule has 1 aliphatic carbocycles. The first kappa shape index (κ1) is 14.1. The standard InChI is InChI=1S/C18H28N2/c1-14(2)18(20-11-5-6-12-20)13-19-17-10-9-15-7-3-4-8-16(15)17/h3-4,7-8,14,17-19H,5-6,9-13H2,1-2H3. The van der Waals surface area contributed by atoms with E-state index < -0.39 is 0 Å². The fourth-order valence-electron chi connectivity index (χ4n) is 3.89. The summed E-state index contributed by atoms with van der Waals surface area (Å²) in [5.41, 5.74) is 3.09.